The number of phenols is 1. The van der Waals surface area contributed by atoms with E-state index < -0.39 is 17.9 Å². The Bertz CT molecular complexity index is 372. The predicted octanol–water partition coefficient (Wildman–Crippen LogP) is -0.681. The van der Waals surface area contributed by atoms with E-state index in [4.69, 9.17) is 5.11 Å². The third kappa shape index (κ3) is 2.98. The molecule has 1 amide bonds. The number of benzene rings is 1. The Balaban J connectivity index is 2.94. The zero-order valence-corrected chi connectivity index (χ0v) is 8.06. The highest BCUT2D eigenvalue weighted by molar-refractivity contribution is 5.82. The summed E-state index contributed by atoms with van der Waals surface area (Å²) in [4.78, 5) is 21.5. The first-order valence-corrected chi connectivity index (χ1v) is 4.27. The number of carboxylic acids is 1. The smallest absolute Gasteiger partial charge is 0.217 e. The fraction of sp³-hybridized carbons (Fsp3) is 0.200. The second-order valence-electron chi connectivity index (χ2n) is 3.04. The molecule has 0 bridgehead atoms. The molecule has 0 unspecified atom stereocenters. The number of carbonyl (C=O) groups is 2. The van der Waals surface area contributed by atoms with Gasteiger partial charge in [-0.1, -0.05) is 12.1 Å². The molecule has 0 aliphatic rings. The van der Waals surface area contributed by atoms with Crippen LogP contribution >= 0.6 is 0 Å². The van der Waals surface area contributed by atoms with Gasteiger partial charge in [0.15, 0.2) is 0 Å². The van der Waals surface area contributed by atoms with E-state index >= 15 is 0 Å². The van der Waals surface area contributed by atoms with E-state index in [-0.39, 0.29) is 5.75 Å². The van der Waals surface area contributed by atoms with Crippen molar-refractivity contribution < 1.29 is 19.8 Å². The van der Waals surface area contributed by atoms with Crippen LogP contribution in [0, 0.1) is 0 Å². The summed E-state index contributed by atoms with van der Waals surface area (Å²) in [6, 6.07) is 4.31. The number of nitrogens with one attached hydrogen (secondary N) is 1. The van der Waals surface area contributed by atoms with Crippen molar-refractivity contribution in [2.24, 2.45) is 0 Å². The van der Waals surface area contributed by atoms with Crippen molar-refractivity contribution in [3.8, 4) is 5.75 Å². The zero-order chi connectivity index (χ0) is 11.4. The average molecular weight is 208 g/mol. The molecule has 0 radical (unpaired) electrons. The van der Waals surface area contributed by atoms with Crippen molar-refractivity contribution in [3.63, 3.8) is 0 Å². The van der Waals surface area contributed by atoms with Crippen LogP contribution in [0.15, 0.2) is 24.3 Å². The van der Waals surface area contributed by atoms with Crippen molar-refractivity contribution in [2.75, 3.05) is 0 Å². The number of hydrogen-bond acceptors (Lipinski definition) is 4. The van der Waals surface area contributed by atoms with Gasteiger partial charge in [-0.25, -0.2) is 0 Å². The number of phenolic OH excluding ortho intramolecular Hbond substituents is 1. The average Bonchev–Trinajstić information content (AvgIpc) is 2.15. The molecule has 1 rings (SSSR count). The Hall–Kier alpha value is -2.04. The van der Waals surface area contributed by atoms with Crippen LogP contribution in [0.1, 0.15) is 18.5 Å². The van der Waals surface area contributed by atoms with Gasteiger partial charge in [0.1, 0.15) is 5.75 Å². The van der Waals surface area contributed by atoms with Crippen LogP contribution in [-0.2, 0) is 9.59 Å². The highest BCUT2D eigenvalue weighted by Crippen LogP contribution is 2.16. The van der Waals surface area contributed by atoms with Crippen molar-refractivity contribution >= 4 is 11.9 Å². The van der Waals surface area contributed by atoms with E-state index in [1.54, 1.807) is 0 Å². The summed E-state index contributed by atoms with van der Waals surface area (Å²) in [5.41, 5.74) is 0.350. The predicted molar refractivity (Wildman–Crippen MR) is 49.7 cm³/mol. The van der Waals surface area contributed by atoms with Gasteiger partial charge in [0.2, 0.25) is 5.91 Å². The molecular weight excluding hydrogens is 198 g/mol. The molecule has 0 heterocycles. The standard InChI is InChI=1S/C10H11NO4/c1-6(12)11-9(10(14)15)7-2-4-8(13)5-3-7/h2-5,9,13H,1H3,(H,11,12)(H,14,15)/p-1/t9-/m0/s1. The van der Waals surface area contributed by atoms with Crippen LogP contribution in [0.3, 0.4) is 0 Å². The molecule has 0 aliphatic heterocycles. The SMILES string of the molecule is CC(=O)N[C@H](C(=O)[O-])c1ccc(O)cc1. The minimum atomic E-state index is -1.39. The molecule has 1 atom stereocenters. The molecule has 2 N–H and O–H groups in total. The Morgan fingerprint density at radius 3 is 2.27 bits per heavy atom. The van der Waals surface area contributed by atoms with Gasteiger partial charge in [-0.3, -0.25) is 4.79 Å². The first kappa shape index (κ1) is 11.0. The van der Waals surface area contributed by atoms with Gasteiger partial charge in [-0.05, 0) is 17.7 Å². The largest absolute Gasteiger partial charge is 0.548 e. The minimum absolute atomic E-state index is 0.0265. The van der Waals surface area contributed by atoms with Crippen LogP contribution < -0.4 is 10.4 Å². The maximum Gasteiger partial charge on any atom is 0.217 e. The van der Waals surface area contributed by atoms with E-state index in [0.717, 1.165) is 0 Å². The Morgan fingerprint density at radius 1 is 1.33 bits per heavy atom. The summed E-state index contributed by atoms with van der Waals surface area (Å²) in [7, 11) is 0. The summed E-state index contributed by atoms with van der Waals surface area (Å²) < 4.78 is 0. The maximum absolute atomic E-state index is 10.7. The lowest BCUT2D eigenvalue weighted by molar-refractivity contribution is -0.308. The number of aromatic hydroxyl groups is 1. The van der Waals surface area contributed by atoms with E-state index in [1.807, 2.05) is 0 Å². The quantitative estimate of drug-likeness (QED) is 0.688. The Labute approximate surface area is 86.4 Å². The molecule has 80 valence electrons. The molecule has 0 spiro atoms. The van der Waals surface area contributed by atoms with Gasteiger partial charge < -0.3 is 20.3 Å². The molecule has 0 saturated carbocycles. The molecule has 0 aromatic heterocycles. The second-order valence-corrected chi connectivity index (χ2v) is 3.04. The summed E-state index contributed by atoms with van der Waals surface area (Å²) in [6.45, 7) is 1.22. The molecule has 0 saturated heterocycles. The Morgan fingerprint density at radius 2 is 1.87 bits per heavy atom. The van der Waals surface area contributed by atoms with Gasteiger partial charge >= 0.3 is 0 Å². The highest BCUT2D eigenvalue weighted by atomic mass is 16.4. The number of aliphatic carboxylic acids is 1. The van der Waals surface area contributed by atoms with Crippen LogP contribution in [-0.4, -0.2) is 17.0 Å². The molecule has 5 nitrogen and oxygen atoms in total. The summed E-state index contributed by atoms with van der Waals surface area (Å²) in [5.74, 6) is -1.83. The number of hydrogen-bond donors (Lipinski definition) is 2. The van der Waals surface area contributed by atoms with Gasteiger partial charge in [0.25, 0.3) is 0 Å². The van der Waals surface area contributed by atoms with E-state index in [2.05, 4.69) is 5.32 Å². The first-order valence-electron chi connectivity index (χ1n) is 4.27. The van der Waals surface area contributed by atoms with Crippen molar-refractivity contribution in [1.82, 2.24) is 5.32 Å². The Kier molecular flexibility index (Phi) is 3.28. The molecule has 0 fully saturated rings. The van der Waals surface area contributed by atoms with Gasteiger partial charge in [-0.2, -0.15) is 0 Å². The van der Waals surface area contributed by atoms with E-state index in [1.165, 1.54) is 31.2 Å². The lowest BCUT2D eigenvalue weighted by atomic mass is 10.1. The molecule has 1 aromatic rings. The molecule has 0 aliphatic carbocycles. The monoisotopic (exact) mass is 208 g/mol. The molecule has 15 heavy (non-hydrogen) atoms. The summed E-state index contributed by atoms with van der Waals surface area (Å²) in [5, 5.41) is 22.0. The van der Waals surface area contributed by atoms with E-state index in [0.29, 0.717) is 5.56 Å². The van der Waals surface area contributed by atoms with Crippen LogP contribution in [0.4, 0.5) is 0 Å². The zero-order valence-electron chi connectivity index (χ0n) is 8.06. The highest BCUT2D eigenvalue weighted by Gasteiger charge is 2.13. The maximum atomic E-state index is 10.7. The summed E-state index contributed by atoms with van der Waals surface area (Å²) >= 11 is 0. The minimum Gasteiger partial charge on any atom is -0.548 e. The number of rotatable bonds is 3. The van der Waals surface area contributed by atoms with Crippen LogP contribution in [0.2, 0.25) is 0 Å². The van der Waals surface area contributed by atoms with Gasteiger partial charge in [0, 0.05) is 6.92 Å². The fourth-order valence-electron chi connectivity index (χ4n) is 1.15. The molecular formula is C10H10NO4-. The topological polar surface area (TPSA) is 89.5 Å². The lowest BCUT2D eigenvalue weighted by Gasteiger charge is -2.19. The van der Waals surface area contributed by atoms with Gasteiger partial charge in [0.05, 0.1) is 12.0 Å². The van der Waals surface area contributed by atoms with Crippen molar-refractivity contribution in [2.45, 2.75) is 13.0 Å². The van der Waals surface area contributed by atoms with Gasteiger partial charge in [-0.15, -0.1) is 0 Å². The fourth-order valence-corrected chi connectivity index (χ4v) is 1.15. The van der Waals surface area contributed by atoms with Crippen molar-refractivity contribution in [1.29, 1.82) is 0 Å². The molecule has 5 heteroatoms. The summed E-state index contributed by atoms with van der Waals surface area (Å²) in [6.07, 6.45) is 0. The third-order valence-electron chi connectivity index (χ3n) is 1.81. The lowest BCUT2D eigenvalue weighted by Crippen LogP contribution is -2.40. The van der Waals surface area contributed by atoms with Crippen LogP contribution in [0.25, 0.3) is 0 Å². The first-order chi connectivity index (χ1) is 7.00. The van der Waals surface area contributed by atoms with E-state index in [9.17, 15) is 14.7 Å². The molecule has 1 aromatic carbocycles. The van der Waals surface area contributed by atoms with Crippen LogP contribution in [0.5, 0.6) is 5.75 Å². The normalized spacial score (nSPS) is 11.8. The number of amides is 1. The second kappa shape index (κ2) is 4.45. The number of carbonyl (C=O) groups excluding carboxylic acids is 2. The van der Waals surface area contributed by atoms with Crippen molar-refractivity contribution in [3.05, 3.63) is 29.8 Å². The number of carboxylic acid groups (broad SMARTS) is 1. The third-order valence-corrected chi connectivity index (χ3v) is 1.81.